The van der Waals surface area contributed by atoms with E-state index in [1.807, 2.05) is 0 Å². The Balaban J connectivity index is 1.58. The maximum absolute atomic E-state index is 14.2. The van der Waals surface area contributed by atoms with Gasteiger partial charge in [-0.1, -0.05) is 12.1 Å². The molecule has 0 radical (unpaired) electrons. The Bertz CT molecular complexity index is 911. The molecule has 1 aliphatic heterocycles. The molecule has 4 atom stereocenters. The second kappa shape index (κ2) is 8.29. The first-order chi connectivity index (χ1) is 14.3. The molecule has 0 amide bonds. The molecule has 2 aromatic rings. The summed E-state index contributed by atoms with van der Waals surface area (Å²) in [5.74, 6) is -2.46. The van der Waals surface area contributed by atoms with E-state index in [4.69, 9.17) is 15.7 Å². The third-order valence-corrected chi connectivity index (χ3v) is 6.02. The van der Waals surface area contributed by atoms with Crippen LogP contribution in [0.25, 0.3) is 0 Å². The molecule has 30 heavy (non-hydrogen) atoms. The summed E-state index contributed by atoms with van der Waals surface area (Å²) in [5, 5.41) is 8.97. The summed E-state index contributed by atoms with van der Waals surface area (Å²) in [6.07, 6.45) is 0.649. The number of piperidine rings is 1. The molecule has 1 aliphatic carbocycles. The number of hydrogen-bond acceptors (Lipinski definition) is 4. The zero-order valence-corrected chi connectivity index (χ0v) is 16.5. The Morgan fingerprint density at radius 2 is 1.77 bits per heavy atom. The van der Waals surface area contributed by atoms with Gasteiger partial charge in [0.15, 0.2) is 0 Å². The van der Waals surface area contributed by atoms with Crippen LogP contribution in [0.15, 0.2) is 48.5 Å². The van der Waals surface area contributed by atoms with Gasteiger partial charge in [-0.25, -0.2) is 13.2 Å². The highest BCUT2D eigenvalue weighted by molar-refractivity contribution is 5.35. The standard InChI is InChI=1S/C23H24F3N3O/c24-18-5-3-16(4-6-18)17-9-21(29-13-19(28)11-23(25,26)14-29)22(10-17)30-20-7-1-15(12-27)2-8-20/h1-8,17,19,21-22H,9-11,13-14,28H2. The van der Waals surface area contributed by atoms with Crippen molar-refractivity contribution in [2.24, 2.45) is 5.73 Å². The molecule has 4 unspecified atom stereocenters. The number of nitriles is 1. The molecule has 0 aromatic heterocycles. The van der Waals surface area contributed by atoms with Crippen LogP contribution in [-0.2, 0) is 0 Å². The van der Waals surface area contributed by atoms with Gasteiger partial charge in [-0.05, 0) is 60.7 Å². The highest BCUT2D eigenvalue weighted by Gasteiger charge is 2.47. The van der Waals surface area contributed by atoms with Gasteiger partial charge in [-0.2, -0.15) is 5.26 Å². The molecule has 158 valence electrons. The fraction of sp³-hybridized carbons (Fsp3) is 0.435. The molecule has 2 N–H and O–H groups in total. The van der Waals surface area contributed by atoms with E-state index in [0.29, 0.717) is 30.7 Å². The molecule has 0 bridgehead atoms. The topological polar surface area (TPSA) is 62.3 Å². The van der Waals surface area contributed by atoms with Crippen molar-refractivity contribution in [3.63, 3.8) is 0 Å². The van der Waals surface area contributed by atoms with Gasteiger partial charge in [-0.3, -0.25) is 4.90 Å². The second-order valence-corrected chi connectivity index (χ2v) is 8.33. The zero-order valence-electron chi connectivity index (χ0n) is 16.5. The van der Waals surface area contributed by atoms with Crippen molar-refractivity contribution in [1.29, 1.82) is 5.26 Å². The molecule has 2 fully saturated rings. The highest BCUT2D eigenvalue weighted by Crippen LogP contribution is 2.41. The Labute approximate surface area is 174 Å². The lowest BCUT2D eigenvalue weighted by Crippen LogP contribution is -2.57. The monoisotopic (exact) mass is 415 g/mol. The lowest BCUT2D eigenvalue weighted by molar-refractivity contribution is -0.0894. The fourth-order valence-electron chi connectivity index (χ4n) is 4.71. The minimum absolute atomic E-state index is 0.0748. The molecular formula is C23H24F3N3O. The molecule has 2 aliphatic rings. The summed E-state index contributed by atoms with van der Waals surface area (Å²) >= 11 is 0. The normalized spacial score (nSPS) is 28.8. The number of likely N-dealkylation sites (tertiary alicyclic amines) is 1. The third kappa shape index (κ3) is 4.61. The SMILES string of the molecule is N#Cc1ccc(OC2CC(c3ccc(F)cc3)CC2N2CC(N)CC(F)(F)C2)cc1. The van der Waals surface area contributed by atoms with Crippen LogP contribution >= 0.6 is 0 Å². The predicted molar refractivity (Wildman–Crippen MR) is 107 cm³/mol. The Kier molecular flexibility index (Phi) is 5.72. The molecule has 4 rings (SSSR count). The van der Waals surface area contributed by atoms with Gasteiger partial charge in [0.2, 0.25) is 0 Å². The number of nitrogens with two attached hydrogens (primary N) is 1. The van der Waals surface area contributed by atoms with Gasteiger partial charge in [-0.15, -0.1) is 0 Å². The molecule has 4 nitrogen and oxygen atoms in total. The van der Waals surface area contributed by atoms with E-state index in [0.717, 1.165) is 5.56 Å². The first kappa shape index (κ1) is 20.7. The van der Waals surface area contributed by atoms with Gasteiger partial charge < -0.3 is 10.5 Å². The largest absolute Gasteiger partial charge is 0.489 e. The van der Waals surface area contributed by atoms with Crippen molar-refractivity contribution in [3.05, 3.63) is 65.5 Å². The highest BCUT2D eigenvalue weighted by atomic mass is 19.3. The van der Waals surface area contributed by atoms with Crippen molar-refractivity contribution in [2.45, 2.75) is 49.3 Å². The summed E-state index contributed by atoms with van der Waals surface area (Å²) in [6.45, 7) is 0.0539. The zero-order chi connectivity index (χ0) is 21.3. The first-order valence-corrected chi connectivity index (χ1v) is 10.1. The van der Waals surface area contributed by atoms with E-state index >= 15 is 0 Å². The number of nitrogens with zero attached hydrogens (tertiary/aromatic N) is 2. The lowest BCUT2D eigenvalue weighted by Gasteiger charge is -2.41. The molecular weight excluding hydrogens is 391 g/mol. The summed E-state index contributed by atoms with van der Waals surface area (Å²) in [7, 11) is 0. The minimum atomic E-state index is -2.83. The van der Waals surface area contributed by atoms with Crippen LogP contribution < -0.4 is 10.5 Å². The number of halogens is 3. The molecule has 1 heterocycles. The number of hydrogen-bond donors (Lipinski definition) is 1. The van der Waals surface area contributed by atoms with E-state index in [1.165, 1.54) is 12.1 Å². The minimum Gasteiger partial charge on any atom is -0.489 e. The maximum Gasteiger partial charge on any atom is 0.262 e. The lowest BCUT2D eigenvalue weighted by atomic mass is 9.96. The Morgan fingerprint density at radius 3 is 2.40 bits per heavy atom. The second-order valence-electron chi connectivity index (χ2n) is 8.33. The van der Waals surface area contributed by atoms with Crippen LogP contribution in [-0.4, -0.2) is 42.1 Å². The van der Waals surface area contributed by atoms with Gasteiger partial charge >= 0.3 is 0 Å². The van der Waals surface area contributed by atoms with Gasteiger partial charge in [0.1, 0.15) is 17.7 Å². The van der Waals surface area contributed by atoms with Crippen molar-refractivity contribution in [1.82, 2.24) is 4.90 Å². The fourth-order valence-corrected chi connectivity index (χ4v) is 4.71. The maximum atomic E-state index is 14.2. The van der Waals surface area contributed by atoms with Crippen molar-refractivity contribution in [3.8, 4) is 11.8 Å². The van der Waals surface area contributed by atoms with E-state index < -0.39 is 12.0 Å². The summed E-state index contributed by atoms with van der Waals surface area (Å²) in [6, 6.07) is 14.4. The molecule has 2 aromatic carbocycles. The van der Waals surface area contributed by atoms with Crippen LogP contribution in [0.2, 0.25) is 0 Å². The van der Waals surface area contributed by atoms with Crippen molar-refractivity contribution in [2.75, 3.05) is 13.1 Å². The van der Waals surface area contributed by atoms with E-state index in [2.05, 4.69) is 6.07 Å². The van der Waals surface area contributed by atoms with Crippen molar-refractivity contribution < 1.29 is 17.9 Å². The molecule has 7 heteroatoms. The van der Waals surface area contributed by atoms with E-state index in [9.17, 15) is 13.2 Å². The van der Waals surface area contributed by atoms with Crippen LogP contribution in [0.1, 0.15) is 36.3 Å². The average Bonchev–Trinajstić information content (AvgIpc) is 3.11. The van der Waals surface area contributed by atoms with Crippen LogP contribution in [0, 0.1) is 17.1 Å². The summed E-state index contributed by atoms with van der Waals surface area (Å²) in [4.78, 5) is 1.76. The summed E-state index contributed by atoms with van der Waals surface area (Å²) < 4.78 is 48.0. The predicted octanol–water partition coefficient (Wildman–Crippen LogP) is 4.06. The molecule has 0 spiro atoms. The number of ether oxygens (including phenoxy) is 1. The molecule has 1 saturated heterocycles. The first-order valence-electron chi connectivity index (χ1n) is 10.1. The van der Waals surface area contributed by atoms with Crippen LogP contribution in [0.3, 0.4) is 0 Å². The quantitative estimate of drug-likeness (QED) is 0.818. The van der Waals surface area contributed by atoms with E-state index in [-0.39, 0.29) is 36.8 Å². The number of alkyl halides is 2. The molecule has 1 saturated carbocycles. The third-order valence-electron chi connectivity index (χ3n) is 6.02. The average molecular weight is 415 g/mol. The smallest absolute Gasteiger partial charge is 0.262 e. The van der Waals surface area contributed by atoms with Crippen LogP contribution in [0.4, 0.5) is 13.2 Å². The Morgan fingerprint density at radius 1 is 1.07 bits per heavy atom. The summed E-state index contributed by atoms with van der Waals surface area (Å²) in [5.41, 5.74) is 7.42. The van der Waals surface area contributed by atoms with Gasteiger partial charge in [0.05, 0.1) is 18.2 Å². The van der Waals surface area contributed by atoms with Gasteiger partial charge in [0.25, 0.3) is 5.92 Å². The van der Waals surface area contributed by atoms with Crippen LogP contribution in [0.5, 0.6) is 5.75 Å². The Hall–Kier alpha value is -2.56. The van der Waals surface area contributed by atoms with Gasteiger partial charge in [0, 0.05) is 25.0 Å². The van der Waals surface area contributed by atoms with Crippen molar-refractivity contribution >= 4 is 0 Å². The number of benzene rings is 2. The van der Waals surface area contributed by atoms with E-state index in [1.54, 1.807) is 41.3 Å². The number of rotatable bonds is 4.